The molecule has 2 fully saturated rings. The van der Waals surface area contributed by atoms with Crippen molar-refractivity contribution in [3.63, 3.8) is 0 Å². The second kappa shape index (κ2) is 5.95. The summed E-state index contributed by atoms with van der Waals surface area (Å²) in [6, 6.07) is 8.02. The number of anilines is 1. The number of carbonyl (C=O) groups is 2. The molecule has 1 aromatic heterocycles. The molecule has 128 valence electrons. The van der Waals surface area contributed by atoms with Crippen molar-refractivity contribution in [2.24, 2.45) is 5.41 Å². The second-order valence-electron chi connectivity index (χ2n) is 7.06. The van der Waals surface area contributed by atoms with Gasteiger partial charge in [-0.2, -0.15) is 0 Å². The molecule has 2 aliphatic heterocycles. The Morgan fingerprint density at radius 3 is 2.68 bits per heavy atom. The first kappa shape index (κ1) is 15.7. The highest BCUT2D eigenvalue weighted by Gasteiger charge is 2.49. The monoisotopic (exact) mass is 336 g/mol. The van der Waals surface area contributed by atoms with E-state index >= 15 is 0 Å². The maximum absolute atomic E-state index is 12.6. The number of nitrogens with zero attached hydrogens (tertiary/aromatic N) is 4. The fourth-order valence-corrected chi connectivity index (χ4v) is 3.81. The molecule has 1 unspecified atom stereocenters. The Hall–Kier alpha value is -2.76. The van der Waals surface area contributed by atoms with Crippen LogP contribution in [0.15, 0.2) is 42.9 Å². The van der Waals surface area contributed by atoms with Crippen LogP contribution in [-0.2, 0) is 4.79 Å². The van der Waals surface area contributed by atoms with Crippen LogP contribution in [0.25, 0.3) is 0 Å². The van der Waals surface area contributed by atoms with Crippen LogP contribution >= 0.6 is 0 Å². The average molecular weight is 336 g/mol. The lowest BCUT2D eigenvalue weighted by Crippen LogP contribution is -2.34. The Balaban J connectivity index is 1.50. The predicted molar refractivity (Wildman–Crippen MR) is 93.1 cm³/mol. The highest BCUT2D eigenvalue weighted by Crippen LogP contribution is 2.42. The number of benzene rings is 1. The molecule has 1 atom stereocenters. The van der Waals surface area contributed by atoms with Crippen molar-refractivity contribution in [2.45, 2.75) is 19.8 Å². The molecular formula is C19H20N4O2. The van der Waals surface area contributed by atoms with Gasteiger partial charge in [-0.1, -0.05) is 17.7 Å². The summed E-state index contributed by atoms with van der Waals surface area (Å²) in [6.07, 6.45) is 5.90. The maximum atomic E-state index is 12.6. The SMILES string of the molecule is Cc1ccc(N2CC3(CCN(C(=O)c4cnccn4)C3)CC2=O)cc1. The zero-order valence-corrected chi connectivity index (χ0v) is 14.2. The summed E-state index contributed by atoms with van der Waals surface area (Å²) in [5.41, 5.74) is 2.32. The first-order valence-corrected chi connectivity index (χ1v) is 8.49. The van der Waals surface area contributed by atoms with E-state index in [1.165, 1.54) is 18.0 Å². The summed E-state index contributed by atoms with van der Waals surface area (Å²) in [4.78, 5) is 36.9. The number of carbonyl (C=O) groups excluding carboxylic acids is 2. The third-order valence-corrected chi connectivity index (χ3v) is 5.17. The van der Waals surface area contributed by atoms with Crippen molar-refractivity contribution < 1.29 is 9.59 Å². The Kier molecular flexibility index (Phi) is 3.75. The molecule has 0 bridgehead atoms. The van der Waals surface area contributed by atoms with Crippen LogP contribution in [-0.4, -0.2) is 46.3 Å². The van der Waals surface area contributed by atoms with Crippen LogP contribution in [0.4, 0.5) is 5.69 Å². The average Bonchev–Trinajstić information content (AvgIpc) is 3.19. The standard InChI is InChI=1S/C19H20N4O2/c1-14-2-4-15(5-3-14)23-13-19(10-17(23)24)6-9-22(12-19)18(25)16-11-20-7-8-21-16/h2-5,7-8,11H,6,9-10,12-13H2,1H3. The predicted octanol–water partition coefficient (Wildman–Crippen LogP) is 2.05. The molecule has 0 N–H and O–H groups in total. The largest absolute Gasteiger partial charge is 0.337 e. The molecule has 0 aliphatic carbocycles. The van der Waals surface area contributed by atoms with Gasteiger partial charge in [-0.25, -0.2) is 4.98 Å². The van der Waals surface area contributed by atoms with Gasteiger partial charge in [-0.05, 0) is 25.5 Å². The lowest BCUT2D eigenvalue weighted by molar-refractivity contribution is -0.117. The van der Waals surface area contributed by atoms with E-state index < -0.39 is 0 Å². The van der Waals surface area contributed by atoms with Gasteiger partial charge in [-0.3, -0.25) is 14.6 Å². The smallest absolute Gasteiger partial charge is 0.274 e. The van der Waals surface area contributed by atoms with Gasteiger partial charge in [0, 0.05) is 49.6 Å². The van der Waals surface area contributed by atoms with Gasteiger partial charge in [-0.15, -0.1) is 0 Å². The lowest BCUT2D eigenvalue weighted by atomic mass is 9.86. The Morgan fingerprint density at radius 1 is 1.16 bits per heavy atom. The molecule has 25 heavy (non-hydrogen) atoms. The minimum atomic E-state index is -0.153. The van der Waals surface area contributed by atoms with Crippen LogP contribution in [0.2, 0.25) is 0 Å². The zero-order valence-electron chi connectivity index (χ0n) is 14.2. The lowest BCUT2D eigenvalue weighted by Gasteiger charge is -2.24. The summed E-state index contributed by atoms with van der Waals surface area (Å²) in [6.45, 7) is 3.95. The molecule has 1 aromatic carbocycles. The summed E-state index contributed by atoms with van der Waals surface area (Å²) in [5, 5.41) is 0. The van der Waals surface area contributed by atoms with Crippen molar-refractivity contribution in [3.8, 4) is 0 Å². The molecule has 3 heterocycles. The van der Waals surface area contributed by atoms with Gasteiger partial charge < -0.3 is 9.80 Å². The number of aryl methyl sites for hydroxylation is 1. The highest BCUT2D eigenvalue weighted by molar-refractivity contribution is 5.97. The Labute approximate surface area is 146 Å². The van der Waals surface area contributed by atoms with Crippen molar-refractivity contribution in [3.05, 3.63) is 54.1 Å². The molecule has 2 aliphatic rings. The van der Waals surface area contributed by atoms with Crippen LogP contribution < -0.4 is 4.90 Å². The summed E-state index contributed by atoms with van der Waals surface area (Å²) < 4.78 is 0. The minimum Gasteiger partial charge on any atom is -0.337 e. The van der Waals surface area contributed by atoms with Gasteiger partial charge in [0.15, 0.2) is 0 Å². The molecule has 0 saturated carbocycles. The van der Waals surface area contributed by atoms with E-state index in [4.69, 9.17) is 0 Å². The molecule has 6 heteroatoms. The maximum Gasteiger partial charge on any atom is 0.274 e. The minimum absolute atomic E-state index is 0.105. The van der Waals surface area contributed by atoms with Gasteiger partial charge >= 0.3 is 0 Å². The number of likely N-dealkylation sites (tertiary alicyclic amines) is 1. The summed E-state index contributed by atoms with van der Waals surface area (Å²) >= 11 is 0. The van der Waals surface area contributed by atoms with E-state index in [0.717, 1.165) is 12.1 Å². The Morgan fingerprint density at radius 2 is 1.96 bits per heavy atom. The number of hydrogen-bond acceptors (Lipinski definition) is 4. The molecule has 4 rings (SSSR count). The molecule has 6 nitrogen and oxygen atoms in total. The van der Waals surface area contributed by atoms with E-state index in [1.807, 2.05) is 36.1 Å². The molecule has 1 spiro atoms. The fraction of sp³-hybridized carbons (Fsp3) is 0.368. The number of aromatic nitrogens is 2. The van der Waals surface area contributed by atoms with Crippen LogP contribution in [0.5, 0.6) is 0 Å². The van der Waals surface area contributed by atoms with Crippen molar-refractivity contribution in [2.75, 3.05) is 24.5 Å². The molecule has 2 saturated heterocycles. The number of hydrogen-bond donors (Lipinski definition) is 0. The van der Waals surface area contributed by atoms with Crippen LogP contribution in [0.3, 0.4) is 0 Å². The molecular weight excluding hydrogens is 316 g/mol. The van der Waals surface area contributed by atoms with Gasteiger partial charge in [0.25, 0.3) is 5.91 Å². The quantitative estimate of drug-likeness (QED) is 0.842. The first-order valence-electron chi connectivity index (χ1n) is 8.49. The van der Waals surface area contributed by atoms with Crippen LogP contribution in [0, 0.1) is 12.3 Å². The van der Waals surface area contributed by atoms with E-state index in [-0.39, 0.29) is 17.2 Å². The van der Waals surface area contributed by atoms with Crippen molar-refractivity contribution >= 4 is 17.5 Å². The normalized spacial score (nSPS) is 22.8. The van der Waals surface area contributed by atoms with E-state index in [2.05, 4.69) is 9.97 Å². The Bertz CT molecular complexity index is 806. The zero-order chi connectivity index (χ0) is 17.4. The number of rotatable bonds is 2. The first-order chi connectivity index (χ1) is 12.1. The fourth-order valence-electron chi connectivity index (χ4n) is 3.81. The van der Waals surface area contributed by atoms with Crippen molar-refractivity contribution in [1.82, 2.24) is 14.9 Å². The van der Waals surface area contributed by atoms with Gasteiger partial charge in [0.2, 0.25) is 5.91 Å². The second-order valence-corrected chi connectivity index (χ2v) is 7.06. The van der Waals surface area contributed by atoms with E-state index in [1.54, 1.807) is 11.1 Å². The van der Waals surface area contributed by atoms with Crippen molar-refractivity contribution in [1.29, 1.82) is 0 Å². The van der Waals surface area contributed by atoms with Gasteiger partial charge in [0.1, 0.15) is 5.69 Å². The van der Waals surface area contributed by atoms with E-state index in [9.17, 15) is 9.59 Å². The molecule has 0 radical (unpaired) electrons. The summed E-state index contributed by atoms with van der Waals surface area (Å²) in [7, 11) is 0. The third-order valence-electron chi connectivity index (χ3n) is 5.17. The topological polar surface area (TPSA) is 66.4 Å². The molecule has 2 amide bonds. The van der Waals surface area contributed by atoms with Crippen LogP contribution in [0.1, 0.15) is 28.9 Å². The molecule has 2 aromatic rings. The van der Waals surface area contributed by atoms with E-state index in [0.29, 0.717) is 31.7 Å². The third kappa shape index (κ3) is 2.88. The number of amides is 2. The summed E-state index contributed by atoms with van der Waals surface area (Å²) in [5.74, 6) is 0.0314. The highest BCUT2D eigenvalue weighted by atomic mass is 16.2. The van der Waals surface area contributed by atoms with Gasteiger partial charge in [0.05, 0.1) is 6.20 Å².